The maximum Gasteiger partial charge on any atom is 0.316 e. The maximum atomic E-state index is 11.2. The van der Waals surface area contributed by atoms with E-state index < -0.39 is 11.9 Å². The van der Waals surface area contributed by atoms with Crippen molar-refractivity contribution in [3.63, 3.8) is 0 Å². The van der Waals surface area contributed by atoms with Crippen LogP contribution in [0.4, 0.5) is 0 Å². The second kappa shape index (κ2) is 5.51. The molecule has 0 fully saturated rings. The Hall–Kier alpha value is -1.12. The highest BCUT2D eigenvalue weighted by Crippen LogP contribution is 2.15. The van der Waals surface area contributed by atoms with Crippen molar-refractivity contribution < 1.29 is 14.3 Å². The number of ether oxygens (including phenoxy) is 1. The number of methoxy groups -OCH3 is 1. The van der Waals surface area contributed by atoms with E-state index in [1.54, 1.807) is 0 Å². The van der Waals surface area contributed by atoms with Gasteiger partial charge in [-0.05, 0) is 19.8 Å². The summed E-state index contributed by atoms with van der Waals surface area (Å²) in [5.41, 5.74) is 0. The van der Waals surface area contributed by atoms with Crippen LogP contribution >= 0.6 is 0 Å². The van der Waals surface area contributed by atoms with E-state index in [1.165, 1.54) is 14.0 Å². The number of ketones is 1. The third-order valence-electron chi connectivity index (χ3n) is 1.91. The van der Waals surface area contributed by atoms with Crippen molar-refractivity contribution in [2.24, 2.45) is 11.8 Å². The Labute approximate surface area is 78.8 Å². The van der Waals surface area contributed by atoms with E-state index >= 15 is 0 Å². The molecule has 3 nitrogen and oxygen atoms in total. The SMILES string of the molecule is C/C=C/C(C)C(C(C)=O)C(=O)OC. The van der Waals surface area contributed by atoms with Gasteiger partial charge in [0.2, 0.25) is 0 Å². The summed E-state index contributed by atoms with van der Waals surface area (Å²) in [5, 5.41) is 0. The van der Waals surface area contributed by atoms with Crippen LogP contribution in [0.25, 0.3) is 0 Å². The molecule has 13 heavy (non-hydrogen) atoms. The van der Waals surface area contributed by atoms with Crippen LogP contribution in [0.1, 0.15) is 20.8 Å². The van der Waals surface area contributed by atoms with Crippen LogP contribution in [0.2, 0.25) is 0 Å². The molecule has 0 saturated heterocycles. The van der Waals surface area contributed by atoms with Gasteiger partial charge in [-0.25, -0.2) is 0 Å². The molecule has 0 aliphatic rings. The highest BCUT2D eigenvalue weighted by Gasteiger charge is 2.28. The van der Waals surface area contributed by atoms with E-state index in [4.69, 9.17) is 0 Å². The molecule has 0 aromatic rings. The quantitative estimate of drug-likeness (QED) is 0.378. The first kappa shape index (κ1) is 11.9. The summed E-state index contributed by atoms with van der Waals surface area (Å²) in [7, 11) is 1.29. The van der Waals surface area contributed by atoms with E-state index in [2.05, 4.69) is 4.74 Å². The van der Waals surface area contributed by atoms with Gasteiger partial charge < -0.3 is 4.74 Å². The topological polar surface area (TPSA) is 43.4 Å². The number of carbonyl (C=O) groups excluding carboxylic acids is 2. The summed E-state index contributed by atoms with van der Waals surface area (Å²) in [5.74, 6) is -1.38. The fraction of sp³-hybridized carbons (Fsp3) is 0.600. The van der Waals surface area contributed by atoms with E-state index in [1.807, 2.05) is 26.0 Å². The van der Waals surface area contributed by atoms with Crippen LogP contribution in [0.3, 0.4) is 0 Å². The number of hydrogen-bond acceptors (Lipinski definition) is 3. The third kappa shape index (κ3) is 3.40. The second-order valence-corrected chi connectivity index (χ2v) is 3.00. The smallest absolute Gasteiger partial charge is 0.316 e. The predicted molar refractivity (Wildman–Crippen MR) is 50.2 cm³/mol. The molecule has 0 heterocycles. The normalized spacial score (nSPS) is 15.4. The van der Waals surface area contributed by atoms with Gasteiger partial charge in [-0.3, -0.25) is 9.59 Å². The van der Waals surface area contributed by atoms with Crippen molar-refractivity contribution in [1.82, 2.24) is 0 Å². The number of Topliss-reactive ketones (excluding diaryl/α,β-unsaturated/α-hetero) is 1. The molecular weight excluding hydrogens is 168 g/mol. The van der Waals surface area contributed by atoms with Crippen LogP contribution < -0.4 is 0 Å². The van der Waals surface area contributed by atoms with Gasteiger partial charge in [0.15, 0.2) is 0 Å². The lowest BCUT2D eigenvalue weighted by Crippen LogP contribution is -2.28. The zero-order chi connectivity index (χ0) is 10.4. The third-order valence-corrected chi connectivity index (χ3v) is 1.91. The van der Waals surface area contributed by atoms with E-state index in [9.17, 15) is 9.59 Å². The fourth-order valence-electron chi connectivity index (χ4n) is 1.29. The van der Waals surface area contributed by atoms with Crippen LogP contribution in [-0.4, -0.2) is 18.9 Å². The highest BCUT2D eigenvalue weighted by molar-refractivity contribution is 5.98. The van der Waals surface area contributed by atoms with E-state index in [0.29, 0.717) is 0 Å². The summed E-state index contributed by atoms with van der Waals surface area (Å²) in [6, 6.07) is 0. The molecule has 0 aliphatic carbocycles. The summed E-state index contributed by atoms with van der Waals surface area (Å²) < 4.78 is 4.55. The minimum atomic E-state index is -0.666. The maximum absolute atomic E-state index is 11.2. The molecule has 0 aromatic carbocycles. The van der Waals surface area contributed by atoms with Gasteiger partial charge in [0, 0.05) is 0 Å². The molecule has 0 aromatic heterocycles. The summed E-state index contributed by atoms with van der Waals surface area (Å²) in [4.78, 5) is 22.3. The second-order valence-electron chi connectivity index (χ2n) is 3.00. The van der Waals surface area contributed by atoms with Gasteiger partial charge in [-0.2, -0.15) is 0 Å². The van der Waals surface area contributed by atoms with Crippen LogP contribution in [0.15, 0.2) is 12.2 Å². The van der Waals surface area contributed by atoms with Gasteiger partial charge >= 0.3 is 5.97 Å². The lowest BCUT2D eigenvalue weighted by atomic mass is 9.90. The van der Waals surface area contributed by atoms with Crippen molar-refractivity contribution in [2.45, 2.75) is 20.8 Å². The van der Waals surface area contributed by atoms with Gasteiger partial charge in [-0.15, -0.1) is 0 Å². The highest BCUT2D eigenvalue weighted by atomic mass is 16.5. The summed E-state index contributed by atoms with van der Waals surface area (Å²) in [6.45, 7) is 5.08. The Bertz CT molecular complexity index is 218. The molecule has 0 saturated carbocycles. The molecule has 0 radical (unpaired) electrons. The summed E-state index contributed by atoms with van der Waals surface area (Å²) in [6.07, 6.45) is 3.65. The van der Waals surface area contributed by atoms with Crippen molar-refractivity contribution in [3.8, 4) is 0 Å². The zero-order valence-corrected chi connectivity index (χ0v) is 8.53. The van der Waals surface area contributed by atoms with Crippen LogP contribution in [-0.2, 0) is 14.3 Å². The van der Waals surface area contributed by atoms with Crippen molar-refractivity contribution >= 4 is 11.8 Å². The van der Waals surface area contributed by atoms with E-state index in [0.717, 1.165) is 0 Å². The number of carbonyl (C=O) groups is 2. The van der Waals surface area contributed by atoms with Crippen molar-refractivity contribution in [3.05, 3.63) is 12.2 Å². The minimum Gasteiger partial charge on any atom is -0.468 e. The molecule has 2 atom stereocenters. The standard InChI is InChI=1S/C10H16O3/c1-5-6-7(2)9(8(3)11)10(12)13-4/h5-7,9H,1-4H3/b6-5+. The largest absolute Gasteiger partial charge is 0.468 e. The minimum absolute atomic E-state index is 0.102. The molecule has 0 rings (SSSR count). The van der Waals surface area contributed by atoms with Gasteiger partial charge in [-0.1, -0.05) is 19.1 Å². The van der Waals surface area contributed by atoms with Crippen molar-refractivity contribution in [1.29, 1.82) is 0 Å². The number of rotatable bonds is 4. The molecule has 0 N–H and O–H groups in total. The monoisotopic (exact) mass is 184 g/mol. The van der Waals surface area contributed by atoms with Crippen LogP contribution in [0.5, 0.6) is 0 Å². The number of esters is 1. The van der Waals surface area contributed by atoms with Gasteiger partial charge in [0.25, 0.3) is 0 Å². The van der Waals surface area contributed by atoms with Crippen molar-refractivity contribution in [2.75, 3.05) is 7.11 Å². The summed E-state index contributed by atoms with van der Waals surface area (Å²) >= 11 is 0. The molecular formula is C10H16O3. The molecule has 0 bridgehead atoms. The average Bonchev–Trinajstić information content (AvgIpc) is 2.04. The first-order valence-corrected chi connectivity index (χ1v) is 4.25. The average molecular weight is 184 g/mol. The number of hydrogen-bond donors (Lipinski definition) is 0. The Morgan fingerprint density at radius 2 is 1.92 bits per heavy atom. The van der Waals surface area contributed by atoms with Gasteiger partial charge in [0.05, 0.1) is 7.11 Å². The first-order valence-electron chi connectivity index (χ1n) is 4.25. The van der Waals surface area contributed by atoms with Gasteiger partial charge in [0.1, 0.15) is 11.7 Å². The molecule has 0 spiro atoms. The predicted octanol–water partition coefficient (Wildman–Crippen LogP) is 1.58. The van der Waals surface area contributed by atoms with Crippen LogP contribution in [0, 0.1) is 11.8 Å². The lowest BCUT2D eigenvalue weighted by Gasteiger charge is -2.15. The number of allylic oxidation sites excluding steroid dienone is 2. The molecule has 3 heteroatoms. The first-order chi connectivity index (χ1) is 6.04. The van der Waals surface area contributed by atoms with E-state index in [-0.39, 0.29) is 11.7 Å². The Balaban J connectivity index is 4.60. The lowest BCUT2D eigenvalue weighted by molar-refractivity contribution is -0.150. The molecule has 74 valence electrons. The fourth-order valence-corrected chi connectivity index (χ4v) is 1.29. The molecule has 2 unspecified atom stereocenters. The Morgan fingerprint density at radius 3 is 2.23 bits per heavy atom. The molecule has 0 amide bonds. The Kier molecular flexibility index (Phi) is 5.04. The molecule has 0 aliphatic heterocycles. The Morgan fingerprint density at radius 1 is 1.38 bits per heavy atom. The zero-order valence-electron chi connectivity index (χ0n) is 8.53.